The minimum Gasteiger partial charge on any atom is -0.480 e. The number of allylic oxidation sites excluding steroid dienone is 5. The van der Waals surface area contributed by atoms with Crippen LogP contribution in [0.2, 0.25) is 0 Å². The van der Waals surface area contributed by atoms with Crippen molar-refractivity contribution in [3.8, 4) is 0 Å². The fraction of sp³-hybridized carbons (Fsp3) is 0.765. The quantitative estimate of drug-likeness (QED) is 0.0101. The second kappa shape index (κ2) is 50.2. The summed E-state index contributed by atoms with van der Waals surface area (Å²) in [6, 6.07) is -10.3. The van der Waals surface area contributed by atoms with Crippen molar-refractivity contribution in [1.82, 2.24) is 60.5 Å². The van der Waals surface area contributed by atoms with Gasteiger partial charge in [-0.3, -0.25) is 82.1 Å². The number of halogens is 1. The van der Waals surface area contributed by atoms with Gasteiger partial charge in [0.2, 0.25) is 59.8 Å². The van der Waals surface area contributed by atoms with Gasteiger partial charge in [-0.15, -0.1) is 4.91 Å². The lowest BCUT2D eigenvalue weighted by Crippen LogP contribution is -2.69. The molecule has 136 heavy (non-hydrogen) atoms. The second-order valence-corrected chi connectivity index (χ2v) is 41.4. The number of hydrogen-bond acceptors (Lipinski definition) is 26. The topological polar surface area (TPSA) is 482 Å². The molecular weight excluding hydrogens is 1760 g/mol. The maximum Gasteiger partial charge on any atom is 0.410 e. The number of aldehydes is 2. The Bertz CT molecular complexity index is 4390. The highest BCUT2D eigenvalue weighted by Crippen LogP contribution is 2.71. The first kappa shape index (κ1) is 118. The van der Waals surface area contributed by atoms with Gasteiger partial charge in [0.15, 0.2) is 48.0 Å². The number of alkyl carbamates (subject to hydrolysis) is 1. The molecule has 3 saturated carbocycles. The van der Waals surface area contributed by atoms with E-state index in [4.69, 9.17) is 14.2 Å². The number of Topliss-reactive ketones (excluding diaryl/α,β-unsaturated/α-hetero) is 1. The molecule has 0 aliphatic heterocycles. The van der Waals surface area contributed by atoms with E-state index in [0.717, 1.165) is 14.7 Å². The van der Waals surface area contributed by atoms with E-state index >= 15 is 14.0 Å². The zero-order valence-corrected chi connectivity index (χ0v) is 86.1. The first-order chi connectivity index (χ1) is 63.0. The molecule has 21 atom stereocenters. The lowest BCUT2D eigenvalue weighted by atomic mass is 9.44. The average molecular weight is 1920 g/mol. The molecule has 3 fully saturated rings. The van der Waals surface area contributed by atoms with Gasteiger partial charge >= 0.3 is 24.0 Å². The lowest BCUT2D eigenvalue weighted by molar-refractivity contribution is -0.220. The number of rotatable bonds is 53. The average Bonchev–Trinajstić information content (AvgIpc) is 1.45. The predicted molar refractivity (Wildman–Crippen MR) is 506 cm³/mol. The number of fused-ring (bicyclic) bond motifs is 5. The number of likely N-dealkylation sites (N-methyl/N-ethyl adjacent to an activating group) is 8. The Labute approximate surface area is 803 Å². The van der Waals surface area contributed by atoms with E-state index in [0.29, 0.717) is 43.0 Å². The van der Waals surface area contributed by atoms with E-state index in [1.807, 2.05) is 75.3 Å². The summed E-state index contributed by atoms with van der Waals surface area (Å²) in [6.45, 7) is 35.4. The van der Waals surface area contributed by atoms with Gasteiger partial charge in [-0.05, 0) is 184 Å². The Morgan fingerprint density at radius 2 is 1.22 bits per heavy atom. The number of carboxylic acids is 1. The summed E-state index contributed by atoms with van der Waals surface area (Å²) >= 11 is 0. The van der Waals surface area contributed by atoms with E-state index in [1.54, 1.807) is 93.1 Å². The first-order valence-electron chi connectivity index (χ1n) is 47.9. The monoisotopic (exact) mass is 1920 g/mol. The van der Waals surface area contributed by atoms with E-state index in [2.05, 4.69) is 26.4 Å². The molecule has 0 aromatic carbocycles. The number of aliphatic carboxylic acids is 1. The van der Waals surface area contributed by atoms with Crippen molar-refractivity contribution >= 4 is 101 Å². The predicted octanol–water partition coefficient (Wildman–Crippen LogP) is 7.73. The van der Waals surface area contributed by atoms with Gasteiger partial charge in [0.05, 0.1) is 37.6 Å². The van der Waals surface area contributed by atoms with Crippen LogP contribution in [0.3, 0.4) is 0 Å². The molecule has 0 radical (unpaired) electrons. The van der Waals surface area contributed by atoms with Crippen LogP contribution in [0, 0.1) is 80.8 Å². The summed E-state index contributed by atoms with van der Waals surface area (Å²) in [5.41, 5.74) is -9.39. The van der Waals surface area contributed by atoms with Crippen molar-refractivity contribution in [1.29, 1.82) is 0 Å². The molecule has 37 nitrogen and oxygen atoms in total. The largest absolute Gasteiger partial charge is 0.480 e. The Kier molecular flexibility index (Phi) is 43.7. The number of aliphatic hydroxyl groups excluding tert-OH is 1. The number of carboxylic acid groups (broad SMARTS) is 1. The standard InChI is InChI=1S/C98H160FN13O24/c1-31-69(83(91(129)130)108(26)77(118)49-100-92(131)136-54-135-80(121)38-37-79(120)134-51-76(117)98(132)63(17)44-71-70-36-35-67-45-68(115)39-40-93(67,21)97(70,99)75(116)48-94(71,98)22)62(16)34-33-61(15)43-64(18)106(24)90(128)82(60(13)14)109(27)88(126)74(42-56(5)6)110(28)96(53-114,47-58(9)10)112(30)86(124)66(20)102-84(122)65(19)101-85(123)73(41-55(3)4)107(25)89(127)81(59(11)12)103-95(52-113,46-57(7)8)111(29)78(119)50-105(23)87(125)72(32-2)104-133/h34,39-40,45,52-53,55-61,63-66,69-75,81-83,103,116,132H,31-33,35-38,41-44,46-51,54H2,1-30H3,(H,100,131)(H,101,123)(H,102,122)(H,129,130). The Balaban J connectivity index is 1.38. The zero-order chi connectivity index (χ0) is 104. The smallest absolute Gasteiger partial charge is 0.410 e. The maximum atomic E-state index is 17.7. The third kappa shape index (κ3) is 27.2. The number of carbonyl (C=O) groups excluding carboxylic acids is 16. The van der Waals surface area contributed by atoms with Gasteiger partial charge in [-0.25, -0.2) is 14.0 Å². The number of hydrogen-bond donors (Lipinski definition) is 7. The number of aliphatic hydroxyl groups is 2. The van der Waals surface area contributed by atoms with Crippen LogP contribution in [0.4, 0.5) is 9.18 Å². The summed E-state index contributed by atoms with van der Waals surface area (Å²) in [6.07, 6.45) is 5.29. The van der Waals surface area contributed by atoms with Gasteiger partial charge in [-0.2, -0.15) is 0 Å². The first-order valence-corrected chi connectivity index (χ1v) is 47.9. The van der Waals surface area contributed by atoms with Crippen molar-refractivity contribution in [3.63, 3.8) is 0 Å². The van der Waals surface area contributed by atoms with E-state index in [-0.39, 0.29) is 99.1 Å². The third-order valence-corrected chi connectivity index (χ3v) is 29.0. The number of ether oxygens (including phenoxy) is 3. The van der Waals surface area contributed by atoms with Gasteiger partial charge in [0, 0.05) is 78.0 Å². The molecule has 0 aromatic rings. The molecule has 4 aliphatic carbocycles. The lowest BCUT2D eigenvalue weighted by Gasteiger charge is -2.62. The minimum absolute atomic E-state index is 0.00194. The molecule has 0 aromatic heterocycles. The van der Waals surface area contributed by atoms with Crippen molar-refractivity contribution < 1.29 is 115 Å². The van der Waals surface area contributed by atoms with Crippen LogP contribution in [-0.2, 0) is 90.9 Å². The van der Waals surface area contributed by atoms with Gasteiger partial charge in [0.25, 0.3) is 5.91 Å². The normalized spacial score (nSPS) is 23.6. The molecule has 4 rings (SSSR count). The molecule has 38 heteroatoms. The number of esters is 2. The van der Waals surface area contributed by atoms with Crippen LogP contribution < -0.4 is 21.3 Å². The number of ketones is 2. The van der Waals surface area contributed by atoms with E-state index in [1.165, 1.54) is 89.1 Å². The molecule has 7 N–H and O–H groups in total. The molecule has 10 amide bonds. The van der Waals surface area contributed by atoms with Crippen LogP contribution >= 0.6 is 0 Å². The Morgan fingerprint density at radius 1 is 0.647 bits per heavy atom. The molecule has 0 bridgehead atoms. The highest BCUT2D eigenvalue weighted by molar-refractivity contribution is 6.02. The maximum absolute atomic E-state index is 17.7. The summed E-state index contributed by atoms with van der Waals surface area (Å²) in [7, 11) is 11.5. The minimum atomic E-state index is -2.20. The summed E-state index contributed by atoms with van der Waals surface area (Å²) < 4.78 is 32.7. The number of nitrogens with zero attached hydrogens (tertiary/aromatic N) is 9. The molecular formula is C98H160FN13O24. The van der Waals surface area contributed by atoms with E-state index < -0.39 is 246 Å². The number of carbonyl (C=O) groups is 17. The van der Waals surface area contributed by atoms with Crippen LogP contribution in [0.1, 0.15) is 242 Å². The molecule has 0 heterocycles. The highest BCUT2D eigenvalue weighted by atomic mass is 19.1. The van der Waals surface area contributed by atoms with E-state index in [9.17, 15) is 92.1 Å². The summed E-state index contributed by atoms with van der Waals surface area (Å²) in [5, 5.41) is 48.2. The van der Waals surface area contributed by atoms with Crippen molar-refractivity contribution in [2.75, 3.05) is 82.9 Å². The molecule has 0 saturated heterocycles. The van der Waals surface area contributed by atoms with Crippen molar-refractivity contribution in [2.24, 2.45) is 81.1 Å². The second-order valence-electron chi connectivity index (χ2n) is 41.4. The van der Waals surface area contributed by atoms with Gasteiger partial charge in [0.1, 0.15) is 42.4 Å². The number of alkyl halides is 1. The molecule has 4 aliphatic rings. The zero-order valence-electron chi connectivity index (χ0n) is 86.1. The SMILES string of the molecule is CCC(N=O)C(=O)N(C)CC(=O)N(C)C(C=O)(CC(C)C)NC(C(=O)N(C)C(CC(C)C)C(=O)NC(C)C(=O)NC(C)C(=O)N(C)C(C=O)(CC(C)C)N(C)C(CC(C)C)C(=O)N(C)C(C(=O)N(C)C(C)CC(C)CC=C(C)C(CC)C(C(=O)O)N(C)C(=O)CNC(=O)OCOC(=O)CCC(=O)OCC(=O)C1(O)C(C)CC2C3CCC4=CC(=O)C=CC4(C)C3(F)C(O)CC21C)C(C)C)C(C)C. The third-order valence-electron chi connectivity index (χ3n) is 29.0. The van der Waals surface area contributed by atoms with Crippen LogP contribution in [0.15, 0.2) is 40.6 Å². The Hall–Kier alpha value is -9.82. The molecule has 0 spiro atoms. The fourth-order valence-electron chi connectivity index (χ4n) is 20.8. The fourth-order valence-corrected chi connectivity index (χ4v) is 20.8. The van der Waals surface area contributed by atoms with Crippen LogP contribution in [-0.4, -0.2) is 322 Å². The van der Waals surface area contributed by atoms with Crippen LogP contribution in [0.5, 0.6) is 0 Å². The van der Waals surface area contributed by atoms with Gasteiger partial charge < -0.3 is 79.8 Å². The van der Waals surface area contributed by atoms with Crippen LogP contribution in [0.25, 0.3) is 0 Å². The molecule has 21 unspecified atom stereocenters. The van der Waals surface area contributed by atoms with Crippen molar-refractivity contribution in [2.45, 2.75) is 325 Å². The Morgan fingerprint density at radius 3 is 1.74 bits per heavy atom. The number of amides is 10. The summed E-state index contributed by atoms with van der Waals surface area (Å²) in [5.74, 6) is -15.3. The highest BCUT2D eigenvalue weighted by Gasteiger charge is 2.76. The summed E-state index contributed by atoms with van der Waals surface area (Å²) in [4.78, 5) is 256. The number of nitrogens with one attached hydrogen (secondary N) is 4. The van der Waals surface area contributed by atoms with Crippen molar-refractivity contribution in [3.05, 3.63) is 40.4 Å². The number of nitroso groups, excluding NO2 is 1. The van der Waals surface area contributed by atoms with Gasteiger partial charge in [-0.1, -0.05) is 146 Å². The molecule has 768 valence electrons.